The molecule has 9 nitrogen and oxygen atoms in total. The number of hydrogen-bond acceptors (Lipinski definition) is 6. The molecule has 0 heterocycles. The summed E-state index contributed by atoms with van der Waals surface area (Å²) in [5.74, 6) is -0.241. The molecule has 3 aromatic rings. The molecule has 1 N–H and O–H groups in total. The Labute approximate surface area is 257 Å². The highest BCUT2D eigenvalue weighted by Crippen LogP contribution is 2.33. The standard InChI is InChI=1S/C30H35Cl2N3O6S/c1-5-6-17-33-30(37)21(2)34(19-22-11-16-25(31)26(32)18-22)29(36)20-35(27-9-7-8-10-28(27)41-4)42(38,39)24-14-12-23(40-3)13-15-24/h7-16,18,21H,5-6,17,19-20H2,1-4H3,(H,33,37). The summed E-state index contributed by atoms with van der Waals surface area (Å²) in [7, 11) is -1.39. The molecule has 0 spiro atoms. The number of unbranched alkanes of at least 4 members (excludes halogenated alkanes) is 1. The monoisotopic (exact) mass is 635 g/mol. The first kappa shape index (κ1) is 33.0. The molecule has 3 aromatic carbocycles. The van der Waals surface area contributed by atoms with E-state index in [0.29, 0.717) is 27.9 Å². The van der Waals surface area contributed by atoms with E-state index in [1.54, 1.807) is 49.4 Å². The number of hydrogen-bond donors (Lipinski definition) is 1. The fourth-order valence-electron chi connectivity index (χ4n) is 4.18. The zero-order chi connectivity index (χ0) is 30.9. The molecule has 3 rings (SSSR count). The van der Waals surface area contributed by atoms with Crippen molar-refractivity contribution in [3.05, 3.63) is 82.3 Å². The highest BCUT2D eigenvalue weighted by atomic mass is 35.5. The molecule has 2 amide bonds. The van der Waals surface area contributed by atoms with Gasteiger partial charge in [0.1, 0.15) is 24.1 Å². The Kier molecular flexibility index (Phi) is 11.9. The first-order valence-electron chi connectivity index (χ1n) is 13.3. The van der Waals surface area contributed by atoms with Crippen molar-refractivity contribution in [3.63, 3.8) is 0 Å². The fourth-order valence-corrected chi connectivity index (χ4v) is 5.92. The molecule has 0 saturated carbocycles. The average molecular weight is 637 g/mol. The summed E-state index contributed by atoms with van der Waals surface area (Å²) in [5, 5.41) is 3.49. The molecule has 0 aliphatic heterocycles. The Morgan fingerprint density at radius 3 is 2.26 bits per heavy atom. The van der Waals surface area contributed by atoms with Gasteiger partial charge in [0.05, 0.1) is 34.8 Å². The van der Waals surface area contributed by atoms with Crippen LogP contribution in [-0.4, -0.2) is 58.5 Å². The zero-order valence-electron chi connectivity index (χ0n) is 24.0. The minimum atomic E-state index is -4.28. The van der Waals surface area contributed by atoms with Gasteiger partial charge in [-0.25, -0.2) is 8.42 Å². The van der Waals surface area contributed by atoms with Gasteiger partial charge in [0.25, 0.3) is 10.0 Å². The topological polar surface area (TPSA) is 105 Å². The second-order valence-electron chi connectivity index (χ2n) is 9.45. The molecule has 42 heavy (non-hydrogen) atoms. The largest absolute Gasteiger partial charge is 0.497 e. The summed E-state index contributed by atoms with van der Waals surface area (Å²) >= 11 is 12.3. The Bertz CT molecular complexity index is 1480. The number of nitrogens with one attached hydrogen (secondary N) is 1. The molecule has 0 aliphatic carbocycles. The van der Waals surface area contributed by atoms with E-state index in [1.807, 2.05) is 6.92 Å². The minimum Gasteiger partial charge on any atom is -0.497 e. The minimum absolute atomic E-state index is 0.0135. The SMILES string of the molecule is CCCCNC(=O)C(C)N(Cc1ccc(Cl)c(Cl)c1)C(=O)CN(c1ccccc1OC)S(=O)(=O)c1ccc(OC)cc1. The number of rotatable bonds is 14. The van der Waals surface area contributed by atoms with Gasteiger partial charge in [-0.05, 0) is 67.4 Å². The molecule has 0 saturated heterocycles. The summed E-state index contributed by atoms with van der Waals surface area (Å²) in [6.45, 7) is 3.43. The van der Waals surface area contributed by atoms with Gasteiger partial charge in [-0.15, -0.1) is 0 Å². The molecule has 12 heteroatoms. The second kappa shape index (κ2) is 15.1. The predicted molar refractivity (Wildman–Crippen MR) is 165 cm³/mol. The molecule has 226 valence electrons. The number of benzene rings is 3. The van der Waals surface area contributed by atoms with Gasteiger partial charge in [-0.2, -0.15) is 0 Å². The maximum Gasteiger partial charge on any atom is 0.264 e. The van der Waals surface area contributed by atoms with Crippen molar-refractivity contribution >= 4 is 50.7 Å². The van der Waals surface area contributed by atoms with E-state index in [0.717, 1.165) is 17.1 Å². The normalized spacial score (nSPS) is 11.9. The number of carbonyl (C=O) groups is 2. The Balaban J connectivity index is 2.05. The van der Waals surface area contributed by atoms with Crippen LogP contribution in [0.4, 0.5) is 5.69 Å². The van der Waals surface area contributed by atoms with Crippen LogP contribution in [0.25, 0.3) is 0 Å². The van der Waals surface area contributed by atoms with E-state index >= 15 is 0 Å². The summed E-state index contributed by atoms with van der Waals surface area (Å²) in [6, 6.07) is 16.3. The van der Waals surface area contributed by atoms with E-state index in [4.69, 9.17) is 32.7 Å². The van der Waals surface area contributed by atoms with Gasteiger partial charge in [0.15, 0.2) is 0 Å². The molecule has 1 unspecified atom stereocenters. The second-order valence-corrected chi connectivity index (χ2v) is 12.1. The first-order chi connectivity index (χ1) is 20.0. The van der Waals surface area contributed by atoms with Crippen molar-refractivity contribution < 1.29 is 27.5 Å². The van der Waals surface area contributed by atoms with Crippen LogP contribution in [0.15, 0.2) is 71.6 Å². The van der Waals surface area contributed by atoms with Gasteiger partial charge in [-0.1, -0.05) is 54.7 Å². The van der Waals surface area contributed by atoms with Crippen LogP contribution >= 0.6 is 23.2 Å². The lowest BCUT2D eigenvalue weighted by atomic mass is 10.1. The number of methoxy groups -OCH3 is 2. The third kappa shape index (κ3) is 8.08. The van der Waals surface area contributed by atoms with Gasteiger partial charge >= 0.3 is 0 Å². The number of halogens is 2. The van der Waals surface area contributed by atoms with Crippen LogP contribution in [0.3, 0.4) is 0 Å². The van der Waals surface area contributed by atoms with Crippen molar-refractivity contribution in [1.29, 1.82) is 0 Å². The molecule has 0 aliphatic rings. The third-order valence-electron chi connectivity index (χ3n) is 6.61. The van der Waals surface area contributed by atoms with Crippen molar-refractivity contribution in [2.45, 2.75) is 44.2 Å². The zero-order valence-corrected chi connectivity index (χ0v) is 26.3. The molecule has 0 radical (unpaired) electrons. The van der Waals surface area contributed by atoms with Crippen LogP contribution in [0.2, 0.25) is 10.0 Å². The fraction of sp³-hybridized carbons (Fsp3) is 0.333. The summed E-state index contributed by atoms with van der Waals surface area (Å²) in [5.41, 5.74) is 0.784. The lowest BCUT2D eigenvalue weighted by Crippen LogP contribution is -2.51. The Hall–Kier alpha value is -3.47. The maximum absolute atomic E-state index is 14.1. The van der Waals surface area contributed by atoms with Crippen LogP contribution < -0.4 is 19.1 Å². The summed E-state index contributed by atoms with van der Waals surface area (Å²) in [6.07, 6.45) is 1.67. The lowest BCUT2D eigenvalue weighted by Gasteiger charge is -2.32. The molecule has 0 fully saturated rings. The van der Waals surface area contributed by atoms with E-state index in [9.17, 15) is 18.0 Å². The van der Waals surface area contributed by atoms with Gasteiger partial charge in [0.2, 0.25) is 11.8 Å². The third-order valence-corrected chi connectivity index (χ3v) is 9.13. The molecule has 1 atom stereocenters. The average Bonchev–Trinajstić information content (AvgIpc) is 2.99. The molecule has 0 bridgehead atoms. The van der Waals surface area contributed by atoms with Crippen molar-refractivity contribution in [3.8, 4) is 11.5 Å². The van der Waals surface area contributed by atoms with E-state index < -0.39 is 28.5 Å². The quantitative estimate of drug-likeness (QED) is 0.233. The Morgan fingerprint density at radius 1 is 0.952 bits per heavy atom. The van der Waals surface area contributed by atoms with Crippen LogP contribution in [-0.2, 0) is 26.2 Å². The van der Waals surface area contributed by atoms with Crippen LogP contribution in [0.1, 0.15) is 32.3 Å². The highest BCUT2D eigenvalue weighted by molar-refractivity contribution is 7.92. The van der Waals surface area contributed by atoms with Crippen LogP contribution in [0, 0.1) is 0 Å². The van der Waals surface area contributed by atoms with Crippen molar-refractivity contribution in [2.75, 3.05) is 31.6 Å². The number of amides is 2. The van der Waals surface area contributed by atoms with Crippen molar-refractivity contribution in [2.24, 2.45) is 0 Å². The maximum atomic E-state index is 14.1. The number of carbonyl (C=O) groups excluding carboxylic acids is 2. The summed E-state index contributed by atoms with van der Waals surface area (Å²) < 4.78 is 39.7. The van der Waals surface area contributed by atoms with Gasteiger partial charge < -0.3 is 19.7 Å². The van der Waals surface area contributed by atoms with Gasteiger partial charge in [-0.3, -0.25) is 13.9 Å². The Morgan fingerprint density at radius 2 is 1.64 bits per heavy atom. The number of sulfonamides is 1. The first-order valence-corrected chi connectivity index (χ1v) is 15.5. The number of para-hydroxylation sites is 2. The summed E-state index contributed by atoms with van der Waals surface area (Å²) in [4.78, 5) is 28.4. The molecule has 0 aromatic heterocycles. The van der Waals surface area contributed by atoms with E-state index in [2.05, 4.69) is 5.32 Å². The smallest absolute Gasteiger partial charge is 0.264 e. The van der Waals surface area contributed by atoms with Gasteiger partial charge in [0, 0.05) is 13.1 Å². The molecular weight excluding hydrogens is 601 g/mol. The number of nitrogens with zero attached hydrogens (tertiary/aromatic N) is 2. The van der Waals surface area contributed by atoms with Crippen molar-refractivity contribution in [1.82, 2.24) is 10.2 Å². The number of anilines is 1. The highest BCUT2D eigenvalue weighted by Gasteiger charge is 2.33. The van der Waals surface area contributed by atoms with Crippen LogP contribution in [0.5, 0.6) is 11.5 Å². The predicted octanol–water partition coefficient (Wildman–Crippen LogP) is 5.54. The van der Waals surface area contributed by atoms with E-state index in [-0.39, 0.29) is 28.8 Å². The number of ether oxygens (including phenoxy) is 2. The lowest BCUT2D eigenvalue weighted by molar-refractivity contribution is -0.139. The molecular formula is C30H35Cl2N3O6S. The van der Waals surface area contributed by atoms with E-state index in [1.165, 1.54) is 43.4 Å².